The molecule has 4 heteroatoms. The Balaban J connectivity index is 2.09. The first-order valence-electron chi connectivity index (χ1n) is 5.31. The second kappa shape index (κ2) is 4.35. The molecule has 84 valence electrons. The van der Waals surface area contributed by atoms with Gasteiger partial charge < -0.3 is 4.90 Å². The molecule has 1 aromatic rings. The minimum absolute atomic E-state index is 0.0403. The van der Waals surface area contributed by atoms with Gasteiger partial charge in [-0.3, -0.25) is 10.1 Å². The Morgan fingerprint density at radius 1 is 1.31 bits per heavy atom. The highest BCUT2D eigenvalue weighted by atomic mass is 16.2. The van der Waals surface area contributed by atoms with E-state index in [1.807, 2.05) is 37.3 Å². The van der Waals surface area contributed by atoms with Gasteiger partial charge in [0.2, 0.25) is 5.91 Å². The monoisotopic (exact) mass is 218 g/mol. The van der Waals surface area contributed by atoms with Crippen LogP contribution in [0.4, 0.5) is 4.79 Å². The average molecular weight is 218 g/mol. The molecule has 1 heterocycles. The van der Waals surface area contributed by atoms with Gasteiger partial charge >= 0.3 is 6.03 Å². The summed E-state index contributed by atoms with van der Waals surface area (Å²) in [6, 6.07) is 9.41. The van der Waals surface area contributed by atoms with Crippen LogP contribution in [0, 0.1) is 0 Å². The minimum atomic E-state index is -0.299. The summed E-state index contributed by atoms with van der Waals surface area (Å²) in [5, 5.41) is 2.33. The Kier molecular flexibility index (Phi) is 2.90. The van der Waals surface area contributed by atoms with Crippen LogP contribution >= 0.6 is 0 Å². The highest BCUT2D eigenvalue weighted by Gasteiger charge is 2.28. The number of amides is 3. The highest BCUT2D eigenvalue weighted by Crippen LogP contribution is 2.14. The van der Waals surface area contributed by atoms with Crippen molar-refractivity contribution >= 4 is 11.9 Å². The summed E-state index contributed by atoms with van der Waals surface area (Å²) in [6.07, 6.45) is 0.374. The quantitative estimate of drug-likeness (QED) is 0.818. The Labute approximate surface area is 94.2 Å². The molecule has 0 aromatic heterocycles. The van der Waals surface area contributed by atoms with E-state index in [4.69, 9.17) is 0 Å². The zero-order valence-electron chi connectivity index (χ0n) is 9.14. The SMILES string of the molecule is CC1CC(=O)NC(=O)N1Cc1ccccc1. The molecule has 0 aliphatic carbocycles. The maximum Gasteiger partial charge on any atom is 0.324 e. The fourth-order valence-electron chi connectivity index (χ4n) is 1.83. The fraction of sp³-hybridized carbons (Fsp3) is 0.333. The van der Waals surface area contributed by atoms with Crippen LogP contribution in [-0.2, 0) is 11.3 Å². The first-order valence-corrected chi connectivity index (χ1v) is 5.31. The molecule has 4 nitrogen and oxygen atoms in total. The number of carbonyl (C=O) groups excluding carboxylic acids is 2. The molecule has 0 saturated carbocycles. The Hall–Kier alpha value is -1.84. The lowest BCUT2D eigenvalue weighted by Crippen LogP contribution is -2.53. The van der Waals surface area contributed by atoms with Crippen molar-refractivity contribution in [1.29, 1.82) is 0 Å². The summed E-state index contributed by atoms with van der Waals surface area (Å²) in [4.78, 5) is 24.4. The molecule has 16 heavy (non-hydrogen) atoms. The predicted molar refractivity (Wildman–Crippen MR) is 59.6 cm³/mol. The standard InChI is InChI=1S/C12H14N2O2/c1-9-7-11(15)13-12(16)14(9)8-10-5-3-2-4-6-10/h2-6,9H,7-8H2,1H3,(H,13,15,16). The van der Waals surface area contributed by atoms with E-state index in [0.717, 1.165) is 5.56 Å². The van der Waals surface area contributed by atoms with Crippen molar-refractivity contribution in [3.63, 3.8) is 0 Å². The zero-order valence-corrected chi connectivity index (χ0v) is 9.14. The number of nitrogens with one attached hydrogen (secondary N) is 1. The lowest BCUT2D eigenvalue weighted by molar-refractivity contribution is -0.122. The predicted octanol–water partition coefficient (Wildman–Crippen LogP) is 1.52. The molecular weight excluding hydrogens is 204 g/mol. The highest BCUT2D eigenvalue weighted by molar-refractivity contribution is 5.97. The van der Waals surface area contributed by atoms with Gasteiger partial charge in [0, 0.05) is 19.0 Å². The van der Waals surface area contributed by atoms with Gasteiger partial charge in [0.05, 0.1) is 0 Å². The van der Waals surface area contributed by atoms with Gasteiger partial charge in [0.1, 0.15) is 0 Å². The van der Waals surface area contributed by atoms with Crippen LogP contribution in [0.2, 0.25) is 0 Å². The third kappa shape index (κ3) is 2.21. The Morgan fingerprint density at radius 2 is 2.00 bits per heavy atom. The Morgan fingerprint density at radius 3 is 2.62 bits per heavy atom. The number of benzene rings is 1. The largest absolute Gasteiger partial charge is 0.324 e. The smallest absolute Gasteiger partial charge is 0.317 e. The van der Waals surface area contributed by atoms with Crippen LogP contribution in [0.3, 0.4) is 0 Å². The number of hydrogen-bond acceptors (Lipinski definition) is 2. The van der Waals surface area contributed by atoms with Crippen LogP contribution in [0.1, 0.15) is 18.9 Å². The molecule has 1 saturated heterocycles. The molecule has 0 bridgehead atoms. The van der Waals surface area contributed by atoms with E-state index in [1.165, 1.54) is 0 Å². The molecule has 0 radical (unpaired) electrons. The van der Waals surface area contributed by atoms with E-state index in [-0.39, 0.29) is 18.0 Å². The molecule has 1 aliphatic heterocycles. The van der Waals surface area contributed by atoms with Crippen LogP contribution in [0.15, 0.2) is 30.3 Å². The van der Waals surface area contributed by atoms with E-state index in [1.54, 1.807) is 4.90 Å². The maximum atomic E-state index is 11.6. The van der Waals surface area contributed by atoms with Gasteiger partial charge in [-0.25, -0.2) is 4.79 Å². The normalized spacial score (nSPS) is 20.8. The van der Waals surface area contributed by atoms with Crippen molar-refractivity contribution < 1.29 is 9.59 Å². The third-order valence-corrected chi connectivity index (χ3v) is 2.72. The van der Waals surface area contributed by atoms with E-state index in [2.05, 4.69) is 5.32 Å². The third-order valence-electron chi connectivity index (χ3n) is 2.72. The van der Waals surface area contributed by atoms with Gasteiger partial charge in [0.25, 0.3) is 0 Å². The summed E-state index contributed by atoms with van der Waals surface area (Å²) in [6.45, 7) is 2.43. The van der Waals surface area contributed by atoms with E-state index in [0.29, 0.717) is 13.0 Å². The Bertz CT molecular complexity index is 403. The van der Waals surface area contributed by atoms with E-state index in [9.17, 15) is 9.59 Å². The molecule has 3 amide bonds. The zero-order chi connectivity index (χ0) is 11.5. The molecule has 1 unspecified atom stereocenters. The summed E-state index contributed by atoms with van der Waals surface area (Å²) < 4.78 is 0. The van der Waals surface area contributed by atoms with Crippen molar-refractivity contribution in [2.24, 2.45) is 0 Å². The topological polar surface area (TPSA) is 49.4 Å². The molecule has 1 aromatic carbocycles. The number of imide groups is 1. The van der Waals surface area contributed by atoms with Gasteiger partial charge in [-0.15, -0.1) is 0 Å². The number of nitrogens with zero attached hydrogens (tertiary/aromatic N) is 1. The minimum Gasteiger partial charge on any atom is -0.317 e. The summed E-state index contributed by atoms with van der Waals surface area (Å²) >= 11 is 0. The first-order chi connectivity index (χ1) is 7.66. The lowest BCUT2D eigenvalue weighted by Gasteiger charge is -2.32. The van der Waals surface area contributed by atoms with E-state index < -0.39 is 0 Å². The fourth-order valence-corrected chi connectivity index (χ4v) is 1.83. The maximum absolute atomic E-state index is 11.6. The second-order valence-corrected chi connectivity index (χ2v) is 4.02. The molecule has 1 N–H and O–H groups in total. The van der Waals surface area contributed by atoms with Crippen molar-refractivity contribution in [3.05, 3.63) is 35.9 Å². The second-order valence-electron chi connectivity index (χ2n) is 4.02. The van der Waals surface area contributed by atoms with Gasteiger partial charge in [-0.1, -0.05) is 30.3 Å². The molecule has 1 atom stereocenters. The van der Waals surface area contributed by atoms with Crippen LogP contribution in [-0.4, -0.2) is 22.9 Å². The first kappa shape index (κ1) is 10.7. The van der Waals surface area contributed by atoms with Gasteiger partial charge in [-0.05, 0) is 12.5 Å². The molecule has 2 rings (SSSR count). The average Bonchev–Trinajstić information content (AvgIpc) is 2.25. The van der Waals surface area contributed by atoms with Crippen molar-refractivity contribution in [2.75, 3.05) is 0 Å². The molecule has 0 spiro atoms. The van der Waals surface area contributed by atoms with Gasteiger partial charge in [0.15, 0.2) is 0 Å². The lowest BCUT2D eigenvalue weighted by atomic mass is 10.1. The summed E-state index contributed by atoms with van der Waals surface area (Å²) in [7, 11) is 0. The van der Waals surface area contributed by atoms with Gasteiger partial charge in [-0.2, -0.15) is 0 Å². The van der Waals surface area contributed by atoms with Crippen molar-refractivity contribution in [1.82, 2.24) is 10.2 Å². The number of carbonyl (C=O) groups is 2. The van der Waals surface area contributed by atoms with Crippen LogP contribution in [0.5, 0.6) is 0 Å². The van der Waals surface area contributed by atoms with Crippen molar-refractivity contribution in [2.45, 2.75) is 25.9 Å². The summed E-state index contributed by atoms with van der Waals surface area (Å²) in [5.74, 6) is -0.193. The molecule has 1 aliphatic rings. The van der Waals surface area contributed by atoms with Crippen LogP contribution in [0.25, 0.3) is 0 Å². The number of rotatable bonds is 2. The molecule has 1 fully saturated rings. The van der Waals surface area contributed by atoms with Crippen LogP contribution < -0.4 is 5.32 Å². The number of urea groups is 1. The van der Waals surface area contributed by atoms with E-state index >= 15 is 0 Å². The summed E-state index contributed by atoms with van der Waals surface area (Å²) in [5.41, 5.74) is 1.07. The van der Waals surface area contributed by atoms with Crippen molar-refractivity contribution in [3.8, 4) is 0 Å². The molecular formula is C12H14N2O2. The number of hydrogen-bond donors (Lipinski definition) is 1.